The van der Waals surface area contributed by atoms with Gasteiger partial charge >= 0.3 is 5.97 Å². The molecule has 0 saturated heterocycles. The molecule has 0 spiro atoms. The van der Waals surface area contributed by atoms with Gasteiger partial charge < -0.3 is 15.3 Å². The van der Waals surface area contributed by atoms with Gasteiger partial charge in [0, 0.05) is 0 Å². The summed E-state index contributed by atoms with van der Waals surface area (Å²) in [6.45, 7) is 0.125. The van der Waals surface area contributed by atoms with Crippen LogP contribution in [0.3, 0.4) is 0 Å². The van der Waals surface area contributed by atoms with Crippen LogP contribution in [0.15, 0.2) is 18.2 Å². The Labute approximate surface area is 97.8 Å². The van der Waals surface area contributed by atoms with Crippen LogP contribution in [0.2, 0.25) is 0 Å². The van der Waals surface area contributed by atoms with Gasteiger partial charge in [0.05, 0.1) is 17.8 Å². The molecule has 0 aliphatic heterocycles. The van der Waals surface area contributed by atoms with E-state index >= 15 is 0 Å². The second-order valence-corrected chi connectivity index (χ2v) is 3.79. The molecule has 0 fully saturated rings. The average Bonchev–Trinajstić information content (AvgIpc) is 2.19. The highest BCUT2D eigenvalue weighted by Gasteiger charge is 2.10. The molecule has 0 aromatic heterocycles. The van der Waals surface area contributed by atoms with Crippen LogP contribution >= 0.6 is 0 Å². The lowest BCUT2D eigenvalue weighted by atomic mass is 10.2. The summed E-state index contributed by atoms with van der Waals surface area (Å²) in [6, 6.07) is 3.33. The average molecular weight is 240 g/mol. The number of anilines is 1. The number of aromatic carboxylic acids is 1. The Balaban J connectivity index is 2.79. The molecule has 0 saturated carbocycles. The van der Waals surface area contributed by atoms with Crippen molar-refractivity contribution < 1.29 is 19.1 Å². The number of hydrogen-bond acceptors (Lipinski definition) is 3. The molecule has 0 atom stereocenters. The maximum Gasteiger partial charge on any atom is 0.335 e. The Kier molecular flexibility index (Phi) is 4.17. The molecule has 92 valence electrons. The Morgan fingerprint density at radius 2 is 2.06 bits per heavy atom. The fraction of sp³-hybridized carbons (Fsp3) is 0.273. The molecule has 0 aliphatic carbocycles. The first-order valence-electron chi connectivity index (χ1n) is 4.87. The van der Waals surface area contributed by atoms with E-state index in [2.05, 4.69) is 5.32 Å². The van der Waals surface area contributed by atoms with E-state index in [-0.39, 0.29) is 23.7 Å². The molecule has 1 rings (SSSR count). The molecule has 0 radical (unpaired) electrons. The summed E-state index contributed by atoms with van der Waals surface area (Å²) in [5, 5.41) is 11.0. The lowest BCUT2D eigenvalue weighted by Gasteiger charge is -2.10. The van der Waals surface area contributed by atoms with Crippen molar-refractivity contribution in [2.45, 2.75) is 0 Å². The minimum absolute atomic E-state index is 0.0261. The molecule has 1 aromatic carbocycles. The number of carboxylic acid groups (broad SMARTS) is 1. The number of hydrogen-bond donors (Lipinski definition) is 2. The summed E-state index contributed by atoms with van der Waals surface area (Å²) in [5.41, 5.74) is -0.185. The van der Waals surface area contributed by atoms with Gasteiger partial charge in [-0.1, -0.05) is 0 Å². The molecular formula is C11H13FN2O3. The first-order chi connectivity index (χ1) is 7.90. The van der Waals surface area contributed by atoms with E-state index in [0.29, 0.717) is 0 Å². The maximum atomic E-state index is 13.4. The predicted octanol–water partition coefficient (Wildman–Crippen LogP) is 1.02. The molecule has 1 amide bonds. The Morgan fingerprint density at radius 1 is 1.41 bits per heavy atom. The third kappa shape index (κ3) is 3.84. The third-order valence-electron chi connectivity index (χ3n) is 1.95. The minimum atomic E-state index is -1.21. The zero-order valence-electron chi connectivity index (χ0n) is 9.53. The molecule has 0 heterocycles. The van der Waals surface area contributed by atoms with Crippen molar-refractivity contribution >= 4 is 17.6 Å². The van der Waals surface area contributed by atoms with Crippen molar-refractivity contribution in [3.8, 4) is 0 Å². The number of benzene rings is 1. The number of carbonyl (C=O) groups excluding carboxylic acids is 1. The van der Waals surface area contributed by atoms with Crippen LogP contribution in [0.5, 0.6) is 0 Å². The number of rotatable bonds is 4. The first-order valence-corrected chi connectivity index (χ1v) is 4.87. The summed E-state index contributed by atoms with van der Waals surface area (Å²) < 4.78 is 13.4. The van der Waals surface area contributed by atoms with E-state index in [1.165, 1.54) is 12.1 Å². The van der Waals surface area contributed by atoms with Crippen LogP contribution < -0.4 is 5.32 Å². The van der Waals surface area contributed by atoms with Gasteiger partial charge in [-0.05, 0) is 32.3 Å². The number of amides is 1. The van der Waals surface area contributed by atoms with Gasteiger partial charge in [-0.25, -0.2) is 9.18 Å². The van der Waals surface area contributed by atoms with E-state index in [1.807, 2.05) is 0 Å². The zero-order chi connectivity index (χ0) is 13.0. The maximum absolute atomic E-state index is 13.4. The standard InChI is InChI=1S/C11H13FN2O3/c1-14(2)6-10(15)13-9-4-3-7(11(16)17)5-8(9)12/h3-5H,6H2,1-2H3,(H,13,15)(H,16,17). The monoisotopic (exact) mass is 240 g/mol. The second kappa shape index (κ2) is 5.40. The van der Waals surface area contributed by atoms with E-state index < -0.39 is 11.8 Å². The van der Waals surface area contributed by atoms with Crippen molar-refractivity contribution in [2.75, 3.05) is 26.0 Å². The Hall–Kier alpha value is -1.95. The van der Waals surface area contributed by atoms with Gasteiger partial charge in [0.1, 0.15) is 5.82 Å². The van der Waals surface area contributed by atoms with E-state index in [4.69, 9.17) is 5.11 Å². The largest absolute Gasteiger partial charge is 0.478 e. The topological polar surface area (TPSA) is 69.6 Å². The molecule has 6 heteroatoms. The van der Waals surface area contributed by atoms with Crippen LogP contribution in [0.4, 0.5) is 10.1 Å². The van der Waals surface area contributed by atoms with E-state index in [1.54, 1.807) is 19.0 Å². The summed E-state index contributed by atoms with van der Waals surface area (Å²) in [5.74, 6) is -2.34. The van der Waals surface area contributed by atoms with E-state index in [0.717, 1.165) is 6.07 Å². The fourth-order valence-electron chi connectivity index (χ4n) is 1.23. The normalized spacial score (nSPS) is 10.4. The second-order valence-electron chi connectivity index (χ2n) is 3.79. The van der Waals surface area contributed by atoms with Gasteiger partial charge in [-0.3, -0.25) is 4.79 Å². The van der Waals surface area contributed by atoms with Crippen molar-refractivity contribution in [1.82, 2.24) is 4.90 Å². The number of nitrogens with zero attached hydrogens (tertiary/aromatic N) is 1. The van der Waals surface area contributed by atoms with Crippen molar-refractivity contribution in [1.29, 1.82) is 0 Å². The highest BCUT2D eigenvalue weighted by atomic mass is 19.1. The lowest BCUT2D eigenvalue weighted by Crippen LogP contribution is -2.27. The number of nitrogens with one attached hydrogen (secondary N) is 1. The van der Waals surface area contributed by atoms with Crippen LogP contribution in [0.1, 0.15) is 10.4 Å². The number of likely N-dealkylation sites (N-methyl/N-ethyl adjacent to an activating group) is 1. The SMILES string of the molecule is CN(C)CC(=O)Nc1ccc(C(=O)O)cc1F. The number of halogens is 1. The Bertz CT molecular complexity index is 446. The van der Waals surface area contributed by atoms with Crippen molar-refractivity contribution in [3.63, 3.8) is 0 Å². The molecule has 1 aromatic rings. The summed E-state index contributed by atoms with van der Waals surface area (Å²) in [7, 11) is 3.42. The van der Waals surface area contributed by atoms with Crippen LogP contribution in [0.25, 0.3) is 0 Å². The highest BCUT2D eigenvalue weighted by molar-refractivity contribution is 5.93. The predicted molar refractivity (Wildman–Crippen MR) is 60.5 cm³/mol. The third-order valence-corrected chi connectivity index (χ3v) is 1.95. The number of carboxylic acids is 1. The van der Waals surface area contributed by atoms with Crippen LogP contribution in [-0.4, -0.2) is 42.5 Å². The van der Waals surface area contributed by atoms with Gasteiger partial charge in [-0.2, -0.15) is 0 Å². The number of carbonyl (C=O) groups is 2. The first kappa shape index (κ1) is 13.1. The molecule has 2 N–H and O–H groups in total. The minimum Gasteiger partial charge on any atom is -0.478 e. The molecule has 17 heavy (non-hydrogen) atoms. The Morgan fingerprint density at radius 3 is 2.53 bits per heavy atom. The lowest BCUT2D eigenvalue weighted by molar-refractivity contribution is -0.116. The van der Waals surface area contributed by atoms with Gasteiger partial charge in [0.2, 0.25) is 5.91 Å². The highest BCUT2D eigenvalue weighted by Crippen LogP contribution is 2.15. The van der Waals surface area contributed by atoms with Crippen molar-refractivity contribution in [3.05, 3.63) is 29.6 Å². The zero-order valence-corrected chi connectivity index (χ0v) is 9.53. The van der Waals surface area contributed by atoms with Crippen LogP contribution in [0, 0.1) is 5.82 Å². The van der Waals surface area contributed by atoms with Crippen molar-refractivity contribution in [2.24, 2.45) is 0 Å². The summed E-state index contributed by atoms with van der Waals surface area (Å²) in [4.78, 5) is 23.6. The van der Waals surface area contributed by atoms with Gasteiger partial charge in [0.15, 0.2) is 0 Å². The molecule has 5 nitrogen and oxygen atoms in total. The van der Waals surface area contributed by atoms with Crippen LogP contribution in [-0.2, 0) is 4.79 Å². The summed E-state index contributed by atoms with van der Waals surface area (Å²) >= 11 is 0. The molecule has 0 unspecified atom stereocenters. The molecular weight excluding hydrogens is 227 g/mol. The van der Waals surface area contributed by atoms with Gasteiger partial charge in [-0.15, -0.1) is 0 Å². The quantitative estimate of drug-likeness (QED) is 0.824. The van der Waals surface area contributed by atoms with Gasteiger partial charge in [0.25, 0.3) is 0 Å². The molecule has 0 aliphatic rings. The van der Waals surface area contributed by atoms with E-state index in [9.17, 15) is 14.0 Å². The molecule has 0 bridgehead atoms. The summed E-state index contributed by atoms with van der Waals surface area (Å²) in [6.07, 6.45) is 0. The fourth-order valence-corrected chi connectivity index (χ4v) is 1.23. The smallest absolute Gasteiger partial charge is 0.335 e.